The molecule has 2 fully saturated rings. The van der Waals surface area contributed by atoms with Crippen molar-refractivity contribution in [2.24, 2.45) is 0 Å². The van der Waals surface area contributed by atoms with E-state index in [2.05, 4.69) is 10.3 Å². The summed E-state index contributed by atoms with van der Waals surface area (Å²) >= 11 is 0. The van der Waals surface area contributed by atoms with Crippen molar-refractivity contribution in [3.63, 3.8) is 0 Å². The van der Waals surface area contributed by atoms with E-state index in [1.165, 1.54) is 14.0 Å². The second-order valence-electron chi connectivity index (χ2n) is 4.58. The highest BCUT2D eigenvalue weighted by Crippen LogP contribution is 2.45. The highest BCUT2D eigenvalue weighted by atomic mass is 32.2. The second kappa shape index (κ2) is 3.90. The van der Waals surface area contributed by atoms with Crippen LogP contribution in [0.15, 0.2) is 0 Å². The van der Waals surface area contributed by atoms with Crippen LogP contribution in [-0.2, 0) is 24.3 Å². The number of amides is 1. The first-order valence-corrected chi connectivity index (χ1v) is 6.85. The summed E-state index contributed by atoms with van der Waals surface area (Å²) in [5.41, 5.74) is 2.37. The molecule has 2 heterocycles. The fourth-order valence-electron chi connectivity index (χ4n) is 2.52. The van der Waals surface area contributed by atoms with E-state index in [-0.39, 0.29) is 13.0 Å². The van der Waals surface area contributed by atoms with Crippen molar-refractivity contribution in [1.29, 1.82) is 0 Å². The topological polar surface area (TPSA) is 113 Å². The zero-order chi connectivity index (χ0) is 13.7. The molecule has 0 aromatic rings. The number of hydroxylamine groups is 1. The van der Waals surface area contributed by atoms with Crippen molar-refractivity contribution in [3.8, 4) is 0 Å². The minimum Gasteiger partial charge on any atom is -0.480 e. The Kier molecular flexibility index (Phi) is 2.87. The Labute approximate surface area is 104 Å². The lowest BCUT2D eigenvalue weighted by molar-refractivity contribution is -0.157. The molecule has 0 saturated carbocycles. The minimum absolute atomic E-state index is 0.144. The summed E-state index contributed by atoms with van der Waals surface area (Å²) < 4.78 is 23.0. The maximum atomic E-state index is 12.3. The largest absolute Gasteiger partial charge is 0.480 e. The molecule has 2 saturated heterocycles. The summed E-state index contributed by atoms with van der Waals surface area (Å²) in [5, 5.41) is 8.17. The molecule has 2 aliphatic rings. The number of aliphatic carboxylic acids is 1. The number of hydrogen-bond acceptors (Lipinski definition) is 6. The number of carboxylic acid groups (broad SMARTS) is 1. The van der Waals surface area contributed by atoms with E-state index in [1.54, 1.807) is 0 Å². The predicted octanol–water partition coefficient (Wildman–Crippen LogP) is -1.66. The maximum absolute atomic E-state index is 12.3. The lowest BCUT2D eigenvalue weighted by Gasteiger charge is -2.35. The molecule has 0 aromatic carbocycles. The number of rotatable bonds is 4. The van der Waals surface area contributed by atoms with E-state index in [4.69, 9.17) is 0 Å². The molecule has 1 amide bonds. The Bertz CT molecular complexity index is 503. The first-order valence-electron chi connectivity index (χ1n) is 5.30. The van der Waals surface area contributed by atoms with Crippen LogP contribution in [-0.4, -0.2) is 60.1 Å². The van der Waals surface area contributed by atoms with Gasteiger partial charge >= 0.3 is 5.97 Å². The van der Waals surface area contributed by atoms with Crippen LogP contribution in [0.1, 0.15) is 13.3 Å². The van der Waals surface area contributed by atoms with Crippen LogP contribution in [0.3, 0.4) is 0 Å². The summed E-state index contributed by atoms with van der Waals surface area (Å²) in [5.74, 6) is -1.77. The van der Waals surface area contributed by atoms with Crippen LogP contribution in [0, 0.1) is 0 Å². The summed E-state index contributed by atoms with van der Waals surface area (Å²) in [6, 6.07) is -1.38. The van der Waals surface area contributed by atoms with Crippen LogP contribution in [0.4, 0.5) is 0 Å². The Balaban J connectivity index is 2.46. The Morgan fingerprint density at radius 3 is 2.72 bits per heavy atom. The van der Waals surface area contributed by atoms with Crippen LogP contribution in [0.25, 0.3) is 0 Å². The number of sulfone groups is 1. The first-order chi connectivity index (χ1) is 8.27. The van der Waals surface area contributed by atoms with Crippen LogP contribution >= 0.6 is 0 Å². The SMILES string of the molecule is CONCC1(C)C(C(=O)O)N2C(=O)CC2S1(=O)=O. The molecular weight excluding hydrogens is 264 g/mol. The van der Waals surface area contributed by atoms with Crippen molar-refractivity contribution < 1.29 is 28.0 Å². The number of nitrogens with zero attached hydrogens (tertiary/aromatic N) is 1. The molecule has 2 aliphatic heterocycles. The molecule has 18 heavy (non-hydrogen) atoms. The molecule has 0 aliphatic carbocycles. The third-order valence-corrected chi connectivity index (χ3v) is 6.39. The van der Waals surface area contributed by atoms with Gasteiger partial charge in [0.25, 0.3) is 0 Å². The van der Waals surface area contributed by atoms with Gasteiger partial charge in [0.05, 0.1) is 13.5 Å². The predicted molar refractivity (Wildman–Crippen MR) is 59.0 cm³/mol. The summed E-state index contributed by atoms with van der Waals surface area (Å²) in [6.07, 6.45) is -0.144. The van der Waals surface area contributed by atoms with Crippen LogP contribution in [0.2, 0.25) is 0 Å². The molecule has 3 atom stereocenters. The van der Waals surface area contributed by atoms with Gasteiger partial charge < -0.3 is 14.8 Å². The van der Waals surface area contributed by atoms with E-state index < -0.39 is 37.9 Å². The molecule has 2 rings (SSSR count). The smallest absolute Gasteiger partial charge is 0.328 e. The molecule has 2 N–H and O–H groups in total. The molecule has 0 aromatic heterocycles. The number of carboxylic acids is 1. The monoisotopic (exact) mass is 278 g/mol. The van der Waals surface area contributed by atoms with Crippen molar-refractivity contribution in [2.45, 2.75) is 29.5 Å². The number of nitrogens with one attached hydrogen (secondary N) is 1. The van der Waals surface area contributed by atoms with Crippen molar-refractivity contribution in [3.05, 3.63) is 0 Å². The van der Waals surface area contributed by atoms with Crippen LogP contribution in [0.5, 0.6) is 0 Å². The average Bonchev–Trinajstić information content (AvgIpc) is 2.41. The zero-order valence-electron chi connectivity index (χ0n) is 9.91. The first kappa shape index (κ1) is 13.2. The highest BCUT2D eigenvalue weighted by Gasteiger charge is 2.69. The van der Waals surface area contributed by atoms with Gasteiger partial charge in [0.15, 0.2) is 15.9 Å². The standard InChI is InChI=1S/C9H14N2O6S/c1-9(4-10-17-2)7(8(13)14)11-5(12)3-6(11)18(9,15)16/h6-7,10H,3-4H2,1-2H3,(H,13,14). The number of fused-ring (bicyclic) bond motifs is 1. The van der Waals surface area contributed by atoms with E-state index >= 15 is 0 Å². The van der Waals surface area contributed by atoms with Gasteiger partial charge in [0, 0.05) is 6.54 Å². The highest BCUT2D eigenvalue weighted by molar-refractivity contribution is 7.94. The summed E-state index contributed by atoms with van der Waals surface area (Å²) in [4.78, 5) is 28.2. The van der Waals surface area contributed by atoms with Crippen molar-refractivity contribution >= 4 is 21.7 Å². The van der Waals surface area contributed by atoms with Gasteiger partial charge in [-0.05, 0) is 6.92 Å². The van der Waals surface area contributed by atoms with Gasteiger partial charge in [-0.3, -0.25) is 4.79 Å². The summed E-state index contributed by atoms with van der Waals surface area (Å²) in [7, 11) is -2.44. The third kappa shape index (κ3) is 1.41. The quantitative estimate of drug-likeness (QED) is 0.467. The Morgan fingerprint density at radius 2 is 2.28 bits per heavy atom. The number of carbonyl (C=O) groups is 2. The van der Waals surface area contributed by atoms with E-state index in [9.17, 15) is 23.1 Å². The molecule has 0 spiro atoms. The van der Waals surface area contributed by atoms with Gasteiger partial charge in [0.2, 0.25) is 5.91 Å². The molecule has 3 unspecified atom stereocenters. The molecule has 0 radical (unpaired) electrons. The Hall–Kier alpha value is -1.19. The van der Waals surface area contributed by atoms with E-state index in [0.29, 0.717) is 0 Å². The third-order valence-electron chi connectivity index (χ3n) is 3.61. The number of carbonyl (C=O) groups excluding carboxylic acids is 1. The van der Waals surface area contributed by atoms with Crippen molar-refractivity contribution in [2.75, 3.05) is 13.7 Å². The van der Waals surface area contributed by atoms with Gasteiger partial charge in [-0.15, -0.1) is 0 Å². The number of hydrogen-bond donors (Lipinski definition) is 2. The molecule has 0 bridgehead atoms. The van der Waals surface area contributed by atoms with Crippen LogP contribution < -0.4 is 5.48 Å². The normalized spacial score (nSPS) is 37.2. The van der Waals surface area contributed by atoms with Gasteiger partial charge in [0.1, 0.15) is 10.1 Å². The van der Waals surface area contributed by atoms with Gasteiger partial charge in [-0.1, -0.05) is 0 Å². The van der Waals surface area contributed by atoms with E-state index in [0.717, 1.165) is 4.90 Å². The Morgan fingerprint density at radius 1 is 1.67 bits per heavy atom. The van der Waals surface area contributed by atoms with Gasteiger partial charge in [-0.2, -0.15) is 0 Å². The average molecular weight is 278 g/mol. The van der Waals surface area contributed by atoms with Gasteiger partial charge in [-0.25, -0.2) is 18.7 Å². The number of β-lactam (4-membered cyclic amide) rings is 1. The zero-order valence-corrected chi connectivity index (χ0v) is 10.7. The lowest BCUT2D eigenvalue weighted by atomic mass is 9.96. The molecule has 9 heteroatoms. The molecule has 8 nitrogen and oxygen atoms in total. The maximum Gasteiger partial charge on any atom is 0.328 e. The molecular formula is C9H14N2O6S. The fraction of sp³-hybridized carbons (Fsp3) is 0.778. The molecule has 102 valence electrons. The summed E-state index contributed by atoms with van der Waals surface area (Å²) in [6.45, 7) is 1.13. The van der Waals surface area contributed by atoms with E-state index in [1.807, 2.05) is 0 Å². The minimum atomic E-state index is -3.75. The van der Waals surface area contributed by atoms with Crippen molar-refractivity contribution in [1.82, 2.24) is 10.4 Å². The lowest BCUT2D eigenvalue weighted by Crippen LogP contribution is -2.58. The second-order valence-corrected chi connectivity index (χ2v) is 7.15. The fourth-order valence-corrected chi connectivity index (χ4v) is 4.83.